The first-order chi connectivity index (χ1) is 23.4. The lowest BCUT2D eigenvalue weighted by molar-refractivity contribution is -0.147. The fourth-order valence-corrected chi connectivity index (χ4v) is 11.0. The molecule has 9 heteroatoms. The van der Waals surface area contributed by atoms with Crippen LogP contribution in [0.25, 0.3) is 0 Å². The maximum absolute atomic E-state index is 15.0. The summed E-state index contributed by atoms with van der Waals surface area (Å²) in [6.07, 6.45) is 8.03. The number of fused-ring (bicyclic) bond motifs is 1. The zero-order valence-electron chi connectivity index (χ0n) is 33.7. The van der Waals surface area contributed by atoms with Crippen molar-refractivity contribution in [2.24, 2.45) is 56.5 Å². The molecule has 9 nitrogen and oxygen atoms in total. The van der Waals surface area contributed by atoms with Gasteiger partial charge in [-0.1, -0.05) is 81.1 Å². The van der Waals surface area contributed by atoms with E-state index in [1.165, 1.54) is 0 Å². The maximum Gasteiger partial charge on any atom is 0.285 e. The van der Waals surface area contributed by atoms with Crippen LogP contribution < -0.4 is 11.1 Å². The van der Waals surface area contributed by atoms with Gasteiger partial charge < -0.3 is 16.0 Å². The lowest BCUT2D eigenvalue weighted by Gasteiger charge is -2.43. The van der Waals surface area contributed by atoms with E-state index in [1.807, 2.05) is 25.7 Å². The van der Waals surface area contributed by atoms with E-state index in [9.17, 15) is 24.0 Å². The third-order valence-corrected chi connectivity index (χ3v) is 15.0. The lowest BCUT2D eigenvalue weighted by atomic mass is 9.73. The maximum atomic E-state index is 15.0. The van der Waals surface area contributed by atoms with Crippen LogP contribution in [0.2, 0.25) is 0 Å². The highest BCUT2D eigenvalue weighted by atomic mass is 16.2. The molecule has 3 N–H and O–H groups in total. The van der Waals surface area contributed by atoms with Crippen molar-refractivity contribution >= 4 is 29.2 Å². The van der Waals surface area contributed by atoms with Gasteiger partial charge in [-0.05, 0) is 73.0 Å². The standard InChI is InChI=1S/C42H70N4O5/c1-37(2,3)29(24-45-18-17-44-39(7,8)25-45)21-30(47)22-31(38(4,5)6)36(51)46-26-42(40(9,10)41(42)15-12-16-41)23-32(46)33(48)20-28(34(49)35(43)50)19-27-13-11-14-27/h27-29,31-32,44H,11-26H2,1-10H3,(H2,43,50)/t28?,29-,31-,32+,42-/m1/s1. The van der Waals surface area contributed by atoms with Gasteiger partial charge in [0, 0.05) is 74.8 Å². The molecule has 5 aliphatic rings. The number of hydrogen-bond acceptors (Lipinski definition) is 7. The molecule has 0 aromatic heterocycles. The van der Waals surface area contributed by atoms with Crippen molar-refractivity contribution in [3.63, 3.8) is 0 Å². The highest BCUT2D eigenvalue weighted by Crippen LogP contribution is 2.88. The van der Waals surface area contributed by atoms with Crippen LogP contribution in [-0.2, 0) is 24.0 Å². The molecule has 2 saturated heterocycles. The number of amides is 2. The lowest BCUT2D eigenvalue weighted by Crippen LogP contribution is -2.58. The fraction of sp³-hybridized carbons (Fsp3) is 0.881. The van der Waals surface area contributed by atoms with Crippen molar-refractivity contribution < 1.29 is 24.0 Å². The zero-order chi connectivity index (χ0) is 37.9. The van der Waals surface area contributed by atoms with Crippen LogP contribution in [0.5, 0.6) is 0 Å². The number of carbonyl (C=O) groups is 5. The summed E-state index contributed by atoms with van der Waals surface area (Å²) in [5.41, 5.74) is 4.87. The number of rotatable bonds is 14. The Labute approximate surface area is 308 Å². The van der Waals surface area contributed by atoms with E-state index in [1.54, 1.807) is 0 Å². The summed E-state index contributed by atoms with van der Waals surface area (Å²) >= 11 is 0. The summed E-state index contributed by atoms with van der Waals surface area (Å²) in [5.74, 6) is -2.66. The number of nitrogens with zero attached hydrogens (tertiary/aromatic N) is 2. The number of ketones is 3. The summed E-state index contributed by atoms with van der Waals surface area (Å²) in [6, 6.07) is -0.667. The average molecular weight is 711 g/mol. The van der Waals surface area contributed by atoms with Gasteiger partial charge in [0.15, 0.2) is 5.78 Å². The molecule has 2 amide bonds. The van der Waals surface area contributed by atoms with Gasteiger partial charge in [0.1, 0.15) is 5.78 Å². The van der Waals surface area contributed by atoms with Crippen LogP contribution in [0.1, 0.15) is 140 Å². The van der Waals surface area contributed by atoms with E-state index in [-0.39, 0.29) is 63.4 Å². The number of nitrogens with one attached hydrogen (secondary N) is 1. The molecule has 5 rings (SSSR count). The van der Waals surface area contributed by atoms with Gasteiger partial charge in [-0.3, -0.25) is 28.9 Å². The third-order valence-electron chi connectivity index (χ3n) is 15.0. The molecule has 51 heavy (non-hydrogen) atoms. The van der Waals surface area contributed by atoms with Gasteiger partial charge in [-0.2, -0.15) is 0 Å². The summed E-state index contributed by atoms with van der Waals surface area (Å²) in [5, 5.41) is 3.58. The molecule has 288 valence electrons. The number of nitrogens with two attached hydrogens (primary N) is 1. The topological polar surface area (TPSA) is 130 Å². The van der Waals surface area contributed by atoms with E-state index in [4.69, 9.17) is 5.73 Å². The Kier molecular flexibility index (Phi) is 10.9. The first kappa shape index (κ1) is 40.1. The Bertz CT molecular complexity index is 1380. The van der Waals surface area contributed by atoms with Crippen LogP contribution >= 0.6 is 0 Å². The molecular formula is C42H70N4O5. The number of primary amides is 1. The van der Waals surface area contributed by atoms with Gasteiger partial charge >= 0.3 is 0 Å². The summed E-state index contributed by atoms with van der Waals surface area (Å²) in [6.45, 7) is 25.9. The van der Waals surface area contributed by atoms with Gasteiger partial charge in [0.05, 0.1) is 6.04 Å². The molecule has 0 aromatic rings. The van der Waals surface area contributed by atoms with E-state index in [0.717, 1.165) is 64.7 Å². The predicted octanol–water partition coefficient (Wildman–Crippen LogP) is 5.96. The molecule has 3 aliphatic carbocycles. The SMILES string of the molecule is CC1(C)CN(C[C@@H](CC(=O)C[C@H](C(=O)N2C[C@]3(C[C@H]2C(=O)CC(CC2CCC2)C(=O)C(N)=O)C(C)(C)C32CCC2)C(C)(C)C)C(C)(C)C)CCN1. The second-order valence-corrected chi connectivity index (χ2v) is 20.9. The second kappa shape index (κ2) is 13.9. The van der Waals surface area contributed by atoms with Crippen LogP contribution in [-0.4, -0.2) is 83.3 Å². The van der Waals surface area contributed by atoms with Crippen LogP contribution in [0.4, 0.5) is 0 Å². The Morgan fingerprint density at radius 1 is 0.843 bits per heavy atom. The Morgan fingerprint density at radius 3 is 1.96 bits per heavy atom. The van der Waals surface area contributed by atoms with Gasteiger partial charge in [-0.15, -0.1) is 0 Å². The van der Waals surface area contributed by atoms with Crippen LogP contribution in [0.3, 0.4) is 0 Å². The van der Waals surface area contributed by atoms with Crippen molar-refractivity contribution in [3.8, 4) is 0 Å². The number of piperazine rings is 1. The second-order valence-electron chi connectivity index (χ2n) is 20.9. The quantitative estimate of drug-likeness (QED) is 0.213. The van der Waals surface area contributed by atoms with Crippen molar-refractivity contribution in [2.45, 2.75) is 151 Å². The number of hydrogen-bond donors (Lipinski definition) is 2. The van der Waals surface area contributed by atoms with Crippen LogP contribution in [0, 0.1) is 50.7 Å². The first-order valence-corrected chi connectivity index (χ1v) is 20.1. The smallest absolute Gasteiger partial charge is 0.285 e. The molecule has 2 spiro atoms. The summed E-state index contributed by atoms with van der Waals surface area (Å²) in [7, 11) is 0. The number of likely N-dealkylation sites (tertiary alicyclic amines) is 1. The van der Waals surface area contributed by atoms with E-state index >= 15 is 0 Å². The van der Waals surface area contributed by atoms with Crippen LogP contribution in [0.15, 0.2) is 0 Å². The fourth-order valence-electron chi connectivity index (χ4n) is 11.0. The third kappa shape index (κ3) is 7.63. The highest BCUT2D eigenvalue weighted by molar-refractivity contribution is 6.36. The molecular weight excluding hydrogens is 640 g/mol. The van der Waals surface area contributed by atoms with E-state index in [2.05, 4.69) is 58.7 Å². The zero-order valence-corrected chi connectivity index (χ0v) is 33.7. The van der Waals surface area contributed by atoms with Gasteiger partial charge in [-0.25, -0.2) is 0 Å². The Balaban J connectivity index is 1.38. The Morgan fingerprint density at radius 2 is 1.49 bits per heavy atom. The van der Waals surface area contributed by atoms with Crippen molar-refractivity contribution in [2.75, 3.05) is 32.7 Å². The van der Waals surface area contributed by atoms with E-state index < -0.39 is 35.0 Å². The molecule has 2 heterocycles. The molecule has 3 saturated carbocycles. The molecule has 1 unspecified atom stereocenters. The molecule has 5 atom stereocenters. The molecule has 2 aliphatic heterocycles. The molecule has 0 bridgehead atoms. The Hall–Kier alpha value is -2.13. The minimum atomic E-state index is -0.986. The van der Waals surface area contributed by atoms with E-state index in [0.29, 0.717) is 31.7 Å². The van der Waals surface area contributed by atoms with Crippen molar-refractivity contribution in [1.82, 2.24) is 15.1 Å². The first-order valence-electron chi connectivity index (χ1n) is 20.1. The minimum Gasteiger partial charge on any atom is -0.363 e. The molecule has 0 radical (unpaired) electrons. The van der Waals surface area contributed by atoms with Crippen molar-refractivity contribution in [1.29, 1.82) is 0 Å². The summed E-state index contributed by atoms with van der Waals surface area (Å²) in [4.78, 5) is 72.9. The predicted molar refractivity (Wildman–Crippen MR) is 201 cm³/mol. The largest absolute Gasteiger partial charge is 0.363 e. The van der Waals surface area contributed by atoms with Gasteiger partial charge in [0.25, 0.3) is 5.91 Å². The molecule has 5 fully saturated rings. The normalized spacial score (nSPS) is 28.8. The summed E-state index contributed by atoms with van der Waals surface area (Å²) < 4.78 is 0. The molecule has 0 aromatic carbocycles. The number of Topliss-reactive ketones (excluding diaryl/α,β-unsaturated/α-hetero) is 3. The average Bonchev–Trinajstić information content (AvgIpc) is 3.18. The minimum absolute atomic E-state index is 0.00823. The van der Waals surface area contributed by atoms with Crippen molar-refractivity contribution in [3.05, 3.63) is 0 Å². The number of carbonyl (C=O) groups excluding carboxylic acids is 5. The monoisotopic (exact) mass is 711 g/mol. The highest BCUT2D eigenvalue weighted by Gasteiger charge is 2.85. The van der Waals surface area contributed by atoms with Gasteiger partial charge in [0.2, 0.25) is 11.7 Å².